The molecule has 0 amide bonds. The predicted molar refractivity (Wildman–Crippen MR) is 75.2 cm³/mol. The zero-order valence-corrected chi connectivity index (χ0v) is 11.5. The van der Waals surface area contributed by atoms with Gasteiger partial charge in [-0.1, -0.05) is 6.07 Å². The summed E-state index contributed by atoms with van der Waals surface area (Å²) < 4.78 is 18.8. The zero-order valence-electron chi connectivity index (χ0n) is 11.5. The second-order valence-electron chi connectivity index (χ2n) is 4.93. The maximum Gasteiger partial charge on any atom is 0.165 e. The number of hydrogen-bond donors (Lipinski definition) is 2. The van der Waals surface area contributed by atoms with E-state index in [0.29, 0.717) is 12.4 Å². The molecule has 1 aliphatic rings. The first-order valence-corrected chi connectivity index (χ1v) is 7.15. The number of benzene rings is 1. The molecule has 2 N–H and O–H groups in total. The highest BCUT2D eigenvalue weighted by atomic mass is 19.1. The second-order valence-corrected chi connectivity index (χ2v) is 4.93. The van der Waals surface area contributed by atoms with Crippen LogP contribution < -0.4 is 15.4 Å². The third kappa shape index (κ3) is 5.17. The van der Waals surface area contributed by atoms with Gasteiger partial charge in [0, 0.05) is 19.1 Å². The lowest BCUT2D eigenvalue weighted by Crippen LogP contribution is -2.29. The molecule has 2 rings (SSSR count). The van der Waals surface area contributed by atoms with Crippen molar-refractivity contribution >= 4 is 0 Å². The number of hydrogen-bond acceptors (Lipinski definition) is 3. The monoisotopic (exact) mass is 266 g/mol. The first-order chi connectivity index (χ1) is 9.29. The average Bonchev–Trinajstić information content (AvgIpc) is 3.21. The van der Waals surface area contributed by atoms with Crippen molar-refractivity contribution in [1.82, 2.24) is 10.6 Å². The molecule has 0 radical (unpaired) electrons. The predicted octanol–water partition coefficient (Wildman–Crippen LogP) is 2.11. The summed E-state index contributed by atoms with van der Waals surface area (Å²) in [6.07, 6.45) is 3.49. The van der Waals surface area contributed by atoms with E-state index in [0.717, 1.165) is 37.7 Å². The van der Waals surface area contributed by atoms with Gasteiger partial charge in [0.25, 0.3) is 0 Å². The Hall–Kier alpha value is -1.13. The topological polar surface area (TPSA) is 33.3 Å². The molecule has 0 heterocycles. The van der Waals surface area contributed by atoms with Crippen molar-refractivity contribution in [3.8, 4) is 5.75 Å². The largest absolute Gasteiger partial charge is 0.491 e. The summed E-state index contributed by atoms with van der Waals surface area (Å²) in [7, 11) is 0. The fraction of sp³-hybridized carbons (Fsp3) is 0.600. The van der Waals surface area contributed by atoms with Gasteiger partial charge >= 0.3 is 0 Å². The fourth-order valence-corrected chi connectivity index (χ4v) is 1.98. The highest BCUT2D eigenvalue weighted by molar-refractivity contribution is 5.29. The van der Waals surface area contributed by atoms with Gasteiger partial charge in [0.15, 0.2) is 11.6 Å². The summed E-state index contributed by atoms with van der Waals surface area (Å²) >= 11 is 0. The van der Waals surface area contributed by atoms with E-state index >= 15 is 0 Å². The third-order valence-electron chi connectivity index (χ3n) is 3.20. The SMILES string of the molecule is CCOc1ccc(CCNCCNC2CC2)cc1F. The molecule has 1 aliphatic carbocycles. The van der Waals surface area contributed by atoms with Crippen LogP contribution in [0.25, 0.3) is 0 Å². The van der Waals surface area contributed by atoms with Crippen molar-refractivity contribution in [2.24, 2.45) is 0 Å². The minimum atomic E-state index is -0.269. The van der Waals surface area contributed by atoms with Crippen LogP contribution >= 0.6 is 0 Å². The highest BCUT2D eigenvalue weighted by Gasteiger charge is 2.19. The van der Waals surface area contributed by atoms with Gasteiger partial charge in [0.05, 0.1) is 6.61 Å². The summed E-state index contributed by atoms with van der Waals surface area (Å²) in [6.45, 7) is 5.21. The quantitative estimate of drug-likeness (QED) is 0.672. The van der Waals surface area contributed by atoms with E-state index in [4.69, 9.17) is 4.74 Å². The van der Waals surface area contributed by atoms with Crippen LogP contribution in [0, 0.1) is 5.82 Å². The van der Waals surface area contributed by atoms with E-state index in [9.17, 15) is 4.39 Å². The molecule has 0 aromatic heterocycles. The van der Waals surface area contributed by atoms with Crippen molar-refractivity contribution in [2.75, 3.05) is 26.2 Å². The van der Waals surface area contributed by atoms with Gasteiger partial charge in [-0.25, -0.2) is 4.39 Å². The van der Waals surface area contributed by atoms with Gasteiger partial charge < -0.3 is 15.4 Å². The summed E-state index contributed by atoms with van der Waals surface area (Å²) in [4.78, 5) is 0. The Balaban J connectivity index is 1.62. The van der Waals surface area contributed by atoms with E-state index in [2.05, 4.69) is 10.6 Å². The molecular formula is C15H23FN2O. The van der Waals surface area contributed by atoms with Crippen LogP contribution in [0.15, 0.2) is 18.2 Å². The molecule has 106 valence electrons. The van der Waals surface area contributed by atoms with Crippen molar-refractivity contribution in [1.29, 1.82) is 0 Å². The van der Waals surface area contributed by atoms with Gasteiger partial charge in [0.2, 0.25) is 0 Å². The molecule has 3 nitrogen and oxygen atoms in total. The maximum atomic E-state index is 13.6. The lowest BCUT2D eigenvalue weighted by atomic mass is 10.1. The summed E-state index contributed by atoms with van der Waals surface area (Å²) in [5, 5.41) is 6.81. The van der Waals surface area contributed by atoms with E-state index in [1.54, 1.807) is 12.1 Å². The van der Waals surface area contributed by atoms with Crippen molar-refractivity contribution in [2.45, 2.75) is 32.2 Å². The lowest BCUT2D eigenvalue weighted by Gasteiger charge is -2.08. The maximum absolute atomic E-state index is 13.6. The fourth-order valence-electron chi connectivity index (χ4n) is 1.98. The number of rotatable bonds is 9. The molecule has 1 saturated carbocycles. The molecule has 0 atom stereocenters. The van der Waals surface area contributed by atoms with Crippen LogP contribution in [0.3, 0.4) is 0 Å². The van der Waals surface area contributed by atoms with Crippen LogP contribution in [0.2, 0.25) is 0 Å². The van der Waals surface area contributed by atoms with Crippen LogP contribution in [0.4, 0.5) is 4.39 Å². The summed E-state index contributed by atoms with van der Waals surface area (Å²) in [5.41, 5.74) is 1.00. The zero-order chi connectivity index (χ0) is 13.5. The van der Waals surface area contributed by atoms with Crippen molar-refractivity contribution in [3.63, 3.8) is 0 Å². The third-order valence-corrected chi connectivity index (χ3v) is 3.20. The summed E-state index contributed by atoms with van der Waals surface area (Å²) in [6, 6.07) is 5.97. The van der Waals surface area contributed by atoms with Crippen molar-refractivity contribution in [3.05, 3.63) is 29.6 Å². The number of halogens is 1. The normalized spacial score (nSPS) is 14.6. The minimum absolute atomic E-state index is 0.269. The number of nitrogens with one attached hydrogen (secondary N) is 2. The van der Waals surface area contributed by atoms with Gasteiger partial charge in [-0.3, -0.25) is 0 Å². The molecule has 1 aromatic carbocycles. The average molecular weight is 266 g/mol. The molecule has 0 unspecified atom stereocenters. The highest BCUT2D eigenvalue weighted by Crippen LogP contribution is 2.18. The standard InChI is InChI=1S/C15H23FN2O/c1-2-19-15-6-3-12(11-14(15)16)7-8-17-9-10-18-13-4-5-13/h3,6,11,13,17-18H,2,4-5,7-10H2,1H3. The van der Waals surface area contributed by atoms with Gasteiger partial charge in [-0.2, -0.15) is 0 Å². The van der Waals surface area contributed by atoms with Crippen LogP contribution in [-0.2, 0) is 6.42 Å². The molecule has 0 saturated heterocycles. The van der Waals surface area contributed by atoms with Gasteiger partial charge in [-0.05, 0) is 50.4 Å². The molecule has 0 bridgehead atoms. The van der Waals surface area contributed by atoms with E-state index in [1.165, 1.54) is 12.8 Å². The molecule has 1 aromatic rings. The lowest BCUT2D eigenvalue weighted by molar-refractivity contribution is 0.321. The molecule has 4 heteroatoms. The smallest absolute Gasteiger partial charge is 0.165 e. The Morgan fingerprint density at radius 2 is 2.11 bits per heavy atom. The van der Waals surface area contributed by atoms with Gasteiger partial charge in [-0.15, -0.1) is 0 Å². The Morgan fingerprint density at radius 3 is 2.79 bits per heavy atom. The molecule has 19 heavy (non-hydrogen) atoms. The Labute approximate surface area is 114 Å². The van der Waals surface area contributed by atoms with Crippen LogP contribution in [0.5, 0.6) is 5.75 Å². The molecule has 0 spiro atoms. The van der Waals surface area contributed by atoms with Crippen LogP contribution in [-0.4, -0.2) is 32.3 Å². The summed E-state index contributed by atoms with van der Waals surface area (Å²) in [5.74, 6) is 0.0718. The van der Waals surface area contributed by atoms with E-state index < -0.39 is 0 Å². The Morgan fingerprint density at radius 1 is 1.26 bits per heavy atom. The Bertz CT molecular complexity index is 394. The molecular weight excluding hydrogens is 243 g/mol. The molecule has 1 fully saturated rings. The second kappa shape index (κ2) is 7.46. The van der Waals surface area contributed by atoms with E-state index in [-0.39, 0.29) is 5.82 Å². The molecule has 0 aliphatic heterocycles. The van der Waals surface area contributed by atoms with Gasteiger partial charge in [0.1, 0.15) is 0 Å². The van der Waals surface area contributed by atoms with E-state index in [1.807, 2.05) is 13.0 Å². The number of ether oxygens (including phenoxy) is 1. The van der Waals surface area contributed by atoms with Crippen molar-refractivity contribution < 1.29 is 9.13 Å². The van der Waals surface area contributed by atoms with Crippen LogP contribution in [0.1, 0.15) is 25.3 Å². The first-order valence-electron chi connectivity index (χ1n) is 7.15. The minimum Gasteiger partial charge on any atom is -0.491 e. The Kier molecular flexibility index (Phi) is 5.61. The first kappa shape index (κ1) is 14.3.